The summed E-state index contributed by atoms with van der Waals surface area (Å²) in [6.07, 6.45) is 0.0580. The third kappa shape index (κ3) is 6.20. The molecule has 2 aromatic carbocycles. The summed E-state index contributed by atoms with van der Waals surface area (Å²) in [5.41, 5.74) is 2.31. The first kappa shape index (κ1) is 23.1. The number of amides is 2. The second-order valence-electron chi connectivity index (χ2n) is 8.35. The summed E-state index contributed by atoms with van der Waals surface area (Å²) in [6, 6.07) is 17.4. The van der Waals surface area contributed by atoms with Crippen molar-refractivity contribution in [2.75, 3.05) is 0 Å². The number of aryl methyl sites for hydroxylation is 1. The molecular weight excluding hydrogens is 406 g/mol. The zero-order valence-corrected chi connectivity index (χ0v) is 18.3. The number of aromatic nitrogens is 1. The highest BCUT2D eigenvalue weighted by Crippen LogP contribution is 2.18. The van der Waals surface area contributed by atoms with Crippen molar-refractivity contribution in [1.82, 2.24) is 15.6 Å². The highest BCUT2D eigenvalue weighted by atomic mass is 16.4. The Hall–Kier alpha value is -3.61. The second-order valence-corrected chi connectivity index (χ2v) is 8.35. The van der Waals surface area contributed by atoms with E-state index in [2.05, 4.69) is 15.6 Å². The molecular formula is C25H29N3O4. The first-order chi connectivity index (χ1) is 15.3. The Morgan fingerprint density at radius 3 is 2.28 bits per heavy atom. The van der Waals surface area contributed by atoms with Gasteiger partial charge in [-0.3, -0.25) is 9.59 Å². The number of benzene rings is 2. The summed E-state index contributed by atoms with van der Waals surface area (Å²) in [7, 11) is 0. The van der Waals surface area contributed by atoms with E-state index in [1.807, 2.05) is 68.4 Å². The smallest absolute Gasteiger partial charge is 0.405 e. The van der Waals surface area contributed by atoms with Crippen LogP contribution in [0.3, 0.4) is 0 Å². The normalized spacial score (nSPS) is 13.0. The number of rotatable bonds is 10. The molecule has 3 rings (SSSR count). The van der Waals surface area contributed by atoms with Crippen LogP contribution in [0.1, 0.15) is 42.7 Å². The summed E-state index contributed by atoms with van der Waals surface area (Å²) in [6.45, 7) is 3.82. The van der Waals surface area contributed by atoms with Crippen LogP contribution in [-0.4, -0.2) is 40.0 Å². The van der Waals surface area contributed by atoms with E-state index in [1.165, 1.54) is 0 Å². The van der Waals surface area contributed by atoms with Gasteiger partial charge in [-0.15, -0.1) is 0 Å². The SMILES string of the molecule is CC(C)CC(NC(=O)O)C(=O)NC(CCc1ccccc1)C(=O)c1cc2ccccc2[nH]1. The van der Waals surface area contributed by atoms with Crippen molar-refractivity contribution in [2.45, 2.75) is 45.2 Å². The van der Waals surface area contributed by atoms with Crippen molar-refractivity contribution in [2.24, 2.45) is 5.92 Å². The maximum Gasteiger partial charge on any atom is 0.405 e. The summed E-state index contributed by atoms with van der Waals surface area (Å²) in [5.74, 6) is -0.627. The van der Waals surface area contributed by atoms with Crippen molar-refractivity contribution in [1.29, 1.82) is 0 Å². The Bertz CT molecular complexity index is 1040. The molecule has 1 aromatic heterocycles. The molecule has 1 heterocycles. The number of hydrogen-bond donors (Lipinski definition) is 4. The van der Waals surface area contributed by atoms with Gasteiger partial charge in [0.2, 0.25) is 11.7 Å². The van der Waals surface area contributed by atoms with Crippen LogP contribution in [-0.2, 0) is 11.2 Å². The van der Waals surface area contributed by atoms with Crippen LogP contribution in [0.4, 0.5) is 4.79 Å². The molecule has 0 fully saturated rings. The molecule has 0 aliphatic heterocycles. The number of para-hydroxylation sites is 1. The molecule has 0 radical (unpaired) electrons. The first-order valence-electron chi connectivity index (χ1n) is 10.8. The van der Waals surface area contributed by atoms with Gasteiger partial charge in [0, 0.05) is 10.9 Å². The number of Topliss-reactive ketones (excluding diaryl/α,β-unsaturated/α-hetero) is 1. The third-order valence-electron chi connectivity index (χ3n) is 5.31. The van der Waals surface area contributed by atoms with Crippen molar-refractivity contribution in [3.05, 3.63) is 71.9 Å². The Morgan fingerprint density at radius 1 is 0.938 bits per heavy atom. The van der Waals surface area contributed by atoms with Crippen molar-refractivity contribution in [3.8, 4) is 0 Å². The van der Waals surface area contributed by atoms with Gasteiger partial charge in [0.25, 0.3) is 0 Å². The van der Waals surface area contributed by atoms with E-state index >= 15 is 0 Å². The predicted octanol–water partition coefficient (Wildman–Crippen LogP) is 4.15. The van der Waals surface area contributed by atoms with Gasteiger partial charge in [-0.1, -0.05) is 62.4 Å². The molecule has 168 valence electrons. The molecule has 32 heavy (non-hydrogen) atoms. The molecule has 0 saturated carbocycles. The second kappa shape index (κ2) is 10.6. The Kier molecular flexibility index (Phi) is 7.65. The minimum atomic E-state index is -1.27. The van der Waals surface area contributed by atoms with Crippen molar-refractivity contribution in [3.63, 3.8) is 0 Å². The lowest BCUT2D eigenvalue weighted by molar-refractivity contribution is -0.123. The third-order valence-corrected chi connectivity index (χ3v) is 5.31. The monoisotopic (exact) mass is 435 g/mol. The number of carbonyl (C=O) groups excluding carboxylic acids is 2. The predicted molar refractivity (Wildman–Crippen MR) is 124 cm³/mol. The Balaban J connectivity index is 1.82. The minimum absolute atomic E-state index is 0.102. The van der Waals surface area contributed by atoms with Crippen molar-refractivity contribution < 1.29 is 19.5 Å². The number of fused-ring (bicyclic) bond motifs is 1. The highest BCUT2D eigenvalue weighted by molar-refractivity contribution is 6.04. The fourth-order valence-electron chi connectivity index (χ4n) is 3.74. The maximum absolute atomic E-state index is 13.4. The molecule has 2 amide bonds. The lowest BCUT2D eigenvalue weighted by Crippen LogP contribution is -2.52. The van der Waals surface area contributed by atoms with Gasteiger partial charge in [0.15, 0.2) is 0 Å². The van der Waals surface area contributed by atoms with E-state index in [4.69, 9.17) is 5.11 Å². The van der Waals surface area contributed by atoms with Crippen LogP contribution in [0.15, 0.2) is 60.7 Å². The Morgan fingerprint density at radius 2 is 1.62 bits per heavy atom. The molecule has 7 nitrogen and oxygen atoms in total. The van der Waals surface area contributed by atoms with Gasteiger partial charge in [0.05, 0.1) is 11.7 Å². The zero-order chi connectivity index (χ0) is 23.1. The molecule has 4 N–H and O–H groups in total. The largest absolute Gasteiger partial charge is 0.465 e. The lowest BCUT2D eigenvalue weighted by Gasteiger charge is -2.23. The number of H-pyrrole nitrogens is 1. The van der Waals surface area contributed by atoms with Crippen LogP contribution < -0.4 is 10.6 Å². The number of aromatic amines is 1. The van der Waals surface area contributed by atoms with Gasteiger partial charge < -0.3 is 20.7 Å². The number of nitrogens with one attached hydrogen (secondary N) is 3. The zero-order valence-electron chi connectivity index (χ0n) is 18.3. The van der Waals surface area contributed by atoms with E-state index in [1.54, 1.807) is 6.07 Å². The summed E-state index contributed by atoms with van der Waals surface area (Å²) >= 11 is 0. The first-order valence-corrected chi connectivity index (χ1v) is 10.8. The molecule has 3 aromatic rings. The average molecular weight is 436 g/mol. The number of carboxylic acid groups (broad SMARTS) is 1. The number of ketones is 1. The molecule has 0 bridgehead atoms. The van der Waals surface area contributed by atoms with Crippen LogP contribution in [0, 0.1) is 5.92 Å². The van der Waals surface area contributed by atoms with Crippen LogP contribution in [0.2, 0.25) is 0 Å². The van der Waals surface area contributed by atoms with Gasteiger partial charge in [-0.25, -0.2) is 4.79 Å². The molecule has 0 spiro atoms. The van der Waals surface area contributed by atoms with Crippen molar-refractivity contribution >= 4 is 28.7 Å². The van der Waals surface area contributed by atoms with Gasteiger partial charge in [-0.05, 0) is 42.9 Å². The summed E-state index contributed by atoms with van der Waals surface area (Å²) in [5, 5.41) is 15.1. The van der Waals surface area contributed by atoms with E-state index in [9.17, 15) is 14.4 Å². The van der Waals surface area contributed by atoms with E-state index in [-0.39, 0.29) is 11.7 Å². The number of hydrogen-bond acceptors (Lipinski definition) is 3. The average Bonchev–Trinajstić information content (AvgIpc) is 3.20. The summed E-state index contributed by atoms with van der Waals surface area (Å²) in [4.78, 5) is 40.6. The van der Waals surface area contributed by atoms with E-state index in [0.717, 1.165) is 16.5 Å². The maximum atomic E-state index is 13.4. The van der Waals surface area contributed by atoms with E-state index in [0.29, 0.717) is 25.0 Å². The topological polar surface area (TPSA) is 111 Å². The highest BCUT2D eigenvalue weighted by Gasteiger charge is 2.28. The molecule has 0 saturated heterocycles. The quantitative estimate of drug-likeness (QED) is 0.359. The minimum Gasteiger partial charge on any atom is -0.465 e. The number of carbonyl (C=O) groups is 3. The molecule has 0 aliphatic rings. The molecule has 0 aliphatic carbocycles. The summed E-state index contributed by atoms with van der Waals surface area (Å²) < 4.78 is 0. The van der Waals surface area contributed by atoms with Crippen LogP contribution in [0.5, 0.6) is 0 Å². The Labute approximate surface area is 187 Å². The fourth-order valence-corrected chi connectivity index (χ4v) is 3.74. The van der Waals surface area contributed by atoms with E-state index < -0.39 is 24.1 Å². The molecule has 2 unspecified atom stereocenters. The van der Waals surface area contributed by atoms with Crippen LogP contribution in [0.25, 0.3) is 10.9 Å². The lowest BCUT2D eigenvalue weighted by atomic mass is 9.98. The fraction of sp³-hybridized carbons (Fsp3) is 0.320. The molecule has 7 heteroatoms. The van der Waals surface area contributed by atoms with Gasteiger partial charge >= 0.3 is 6.09 Å². The van der Waals surface area contributed by atoms with Crippen LogP contribution >= 0.6 is 0 Å². The standard InChI is InChI=1S/C25H29N3O4/c1-16(2)14-22(28-25(31)32)24(30)27-20(13-12-17-8-4-3-5-9-17)23(29)21-15-18-10-6-7-11-19(18)26-21/h3-11,15-16,20,22,26,28H,12-14H2,1-2H3,(H,27,30)(H,31,32). The van der Waals surface area contributed by atoms with Gasteiger partial charge in [-0.2, -0.15) is 0 Å². The molecule has 2 atom stereocenters. The van der Waals surface area contributed by atoms with Gasteiger partial charge in [0.1, 0.15) is 6.04 Å².